The molecule has 0 rings (SSSR count). The fourth-order valence-corrected chi connectivity index (χ4v) is 12.8. The number of aliphatic hydroxyl groups is 1. The summed E-state index contributed by atoms with van der Waals surface area (Å²) in [5.74, 6) is 0.155. The van der Waals surface area contributed by atoms with Crippen LogP contribution in [0.3, 0.4) is 0 Å². The normalized spacial score (nSPS) is 14.1. The zero-order valence-corrected chi connectivity index (χ0v) is 62.5. The second kappa shape index (κ2) is 64.7. The molecule has 0 aromatic rings. The molecule has 0 radical (unpaired) electrons. The molecule has 17 nitrogen and oxygen atoms in total. The Labute approximate surface area is 568 Å². The Morgan fingerprint density at radius 3 is 0.731 bits per heavy atom. The van der Waals surface area contributed by atoms with E-state index in [0.29, 0.717) is 25.7 Å². The van der Waals surface area contributed by atoms with Crippen LogP contribution in [0.25, 0.3) is 0 Å². The molecule has 0 heterocycles. The molecule has 0 aromatic heterocycles. The highest BCUT2D eigenvalue weighted by Crippen LogP contribution is 2.45. The standard InChI is InChI=1S/C74H144O17P2/c1-8-9-10-11-12-13-14-15-21-27-36-43-50-57-73(78)91-70(62-85-72(77)56-49-42-35-30-29-33-40-47-54-67(6)7)64-89-93(82,83)87-60-68(75)59-86-92(80,81)88-63-69(61-84-71(76)55-48-41-34-26-23-18-20-25-32-39-46-53-66(4)5)90-74(79)58-51-44-37-28-22-17-16-19-24-31-38-45-52-65(2)3/h65-70,75H,8-64H2,1-7H3,(H,80,81)(H,82,83)/t68-,69-,70-/m1/s1. The van der Waals surface area contributed by atoms with Crippen LogP contribution in [-0.4, -0.2) is 96.7 Å². The number of esters is 4. The second-order valence-electron chi connectivity index (χ2n) is 28.1. The first kappa shape index (κ1) is 91.1. The molecule has 93 heavy (non-hydrogen) atoms. The van der Waals surface area contributed by atoms with Crippen molar-refractivity contribution in [1.82, 2.24) is 0 Å². The van der Waals surface area contributed by atoms with Gasteiger partial charge in [0.2, 0.25) is 0 Å². The largest absolute Gasteiger partial charge is 0.472 e. The molecule has 0 amide bonds. The van der Waals surface area contributed by atoms with Gasteiger partial charge in [0.1, 0.15) is 19.3 Å². The summed E-state index contributed by atoms with van der Waals surface area (Å²) in [6, 6.07) is 0. The van der Waals surface area contributed by atoms with Gasteiger partial charge in [-0.05, 0) is 43.4 Å². The van der Waals surface area contributed by atoms with Crippen molar-refractivity contribution in [3.8, 4) is 0 Å². The Morgan fingerprint density at radius 1 is 0.290 bits per heavy atom. The van der Waals surface area contributed by atoms with E-state index in [2.05, 4.69) is 48.5 Å². The molecule has 2 unspecified atom stereocenters. The lowest BCUT2D eigenvalue weighted by Gasteiger charge is -2.21. The van der Waals surface area contributed by atoms with Crippen LogP contribution in [0, 0.1) is 17.8 Å². The lowest BCUT2D eigenvalue weighted by Crippen LogP contribution is -2.30. The monoisotopic (exact) mass is 1370 g/mol. The van der Waals surface area contributed by atoms with Crippen molar-refractivity contribution in [2.45, 2.75) is 394 Å². The minimum absolute atomic E-state index is 0.107. The SMILES string of the molecule is CCCCCCCCCCCCCCCC(=O)O[C@H](COC(=O)CCCCCCCCCCC(C)C)COP(=O)(O)OC[C@H](O)COP(=O)(O)OC[C@@H](COC(=O)CCCCCCCCCCCCCC(C)C)OC(=O)CCCCCCCCCCCCCCC(C)C. The van der Waals surface area contributed by atoms with Crippen LogP contribution in [0.4, 0.5) is 0 Å². The number of hydrogen-bond acceptors (Lipinski definition) is 15. The predicted octanol–water partition coefficient (Wildman–Crippen LogP) is 21.4. The molecule has 0 aliphatic rings. The zero-order valence-electron chi connectivity index (χ0n) is 60.7. The van der Waals surface area contributed by atoms with Crippen molar-refractivity contribution < 1.29 is 80.2 Å². The zero-order chi connectivity index (χ0) is 68.7. The topological polar surface area (TPSA) is 237 Å². The maximum Gasteiger partial charge on any atom is 0.472 e. The summed E-state index contributed by atoms with van der Waals surface area (Å²) in [7, 11) is -9.91. The van der Waals surface area contributed by atoms with Crippen LogP contribution in [-0.2, 0) is 65.4 Å². The van der Waals surface area contributed by atoms with E-state index in [1.807, 2.05) is 0 Å². The maximum absolute atomic E-state index is 13.1. The number of ether oxygens (including phenoxy) is 4. The van der Waals surface area contributed by atoms with Crippen molar-refractivity contribution in [3.05, 3.63) is 0 Å². The third-order valence-electron chi connectivity index (χ3n) is 17.1. The van der Waals surface area contributed by atoms with Crippen LogP contribution >= 0.6 is 15.6 Å². The first-order valence-electron chi connectivity index (χ1n) is 38.3. The third kappa shape index (κ3) is 68.4. The third-order valence-corrected chi connectivity index (χ3v) is 19.0. The molecule has 552 valence electrons. The number of hydrogen-bond donors (Lipinski definition) is 3. The Hall–Kier alpha value is -1.94. The van der Waals surface area contributed by atoms with Gasteiger partial charge in [-0.3, -0.25) is 37.3 Å². The van der Waals surface area contributed by atoms with Gasteiger partial charge in [0, 0.05) is 25.7 Å². The van der Waals surface area contributed by atoms with E-state index in [1.54, 1.807) is 0 Å². The molecule has 0 fully saturated rings. The predicted molar refractivity (Wildman–Crippen MR) is 377 cm³/mol. The number of phosphoric acid groups is 2. The van der Waals surface area contributed by atoms with Gasteiger partial charge < -0.3 is 33.8 Å². The average molecular weight is 1370 g/mol. The van der Waals surface area contributed by atoms with Crippen LogP contribution in [0.1, 0.15) is 376 Å². The fraction of sp³-hybridized carbons (Fsp3) is 0.946. The van der Waals surface area contributed by atoms with E-state index in [4.69, 9.17) is 37.0 Å². The van der Waals surface area contributed by atoms with E-state index in [1.165, 1.54) is 186 Å². The van der Waals surface area contributed by atoms with Crippen molar-refractivity contribution in [3.63, 3.8) is 0 Å². The van der Waals surface area contributed by atoms with E-state index >= 15 is 0 Å². The van der Waals surface area contributed by atoms with Gasteiger partial charge in [-0.25, -0.2) is 9.13 Å². The molecule has 0 aliphatic carbocycles. The summed E-state index contributed by atoms with van der Waals surface area (Å²) in [6.45, 7) is 11.9. The molecule has 19 heteroatoms. The van der Waals surface area contributed by atoms with Crippen molar-refractivity contribution in [2.75, 3.05) is 39.6 Å². The molecular formula is C74H144O17P2. The first-order valence-corrected chi connectivity index (χ1v) is 41.3. The van der Waals surface area contributed by atoms with Gasteiger partial charge in [0.05, 0.1) is 26.4 Å². The van der Waals surface area contributed by atoms with E-state index in [-0.39, 0.29) is 25.7 Å². The lowest BCUT2D eigenvalue weighted by molar-refractivity contribution is -0.161. The fourth-order valence-electron chi connectivity index (χ4n) is 11.2. The Bertz CT molecular complexity index is 1820. The Kier molecular flexibility index (Phi) is 63.4. The van der Waals surface area contributed by atoms with Crippen molar-refractivity contribution in [1.29, 1.82) is 0 Å². The smallest absolute Gasteiger partial charge is 0.462 e. The summed E-state index contributed by atoms with van der Waals surface area (Å²) in [6.07, 6.45) is 49.8. The van der Waals surface area contributed by atoms with E-state index in [9.17, 15) is 43.2 Å². The minimum atomic E-state index is -4.96. The highest BCUT2D eigenvalue weighted by atomic mass is 31.2. The van der Waals surface area contributed by atoms with Crippen LogP contribution in [0.15, 0.2) is 0 Å². The quantitative estimate of drug-likeness (QED) is 0.0222. The van der Waals surface area contributed by atoms with Crippen LogP contribution in [0.5, 0.6) is 0 Å². The molecule has 0 aliphatic heterocycles. The number of carbonyl (C=O) groups is 4. The minimum Gasteiger partial charge on any atom is -0.462 e. The Morgan fingerprint density at radius 2 is 0.495 bits per heavy atom. The first-order chi connectivity index (χ1) is 44.7. The average Bonchev–Trinajstić information content (AvgIpc) is 2.54. The molecule has 0 saturated heterocycles. The van der Waals surface area contributed by atoms with Gasteiger partial charge in [0.25, 0.3) is 0 Å². The molecular weight excluding hydrogens is 1220 g/mol. The summed E-state index contributed by atoms with van der Waals surface area (Å²) in [4.78, 5) is 72.7. The van der Waals surface area contributed by atoms with Crippen LogP contribution in [0.2, 0.25) is 0 Å². The van der Waals surface area contributed by atoms with Gasteiger partial charge in [-0.1, -0.05) is 325 Å². The summed E-state index contributed by atoms with van der Waals surface area (Å²) < 4.78 is 68.5. The van der Waals surface area contributed by atoms with E-state index < -0.39 is 97.5 Å². The summed E-state index contributed by atoms with van der Waals surface area (Å²) in [5, 5.41) is 10.6. The number of rotatable bonds is 72. The highest BCUT2D eigenvalue weighted by molar-refractivity contribution is 7.47. The lowest BCUT2D eigenvalue weighted by atomic mass is 10.0. The number of phosphoric ester groups is 2. The van der Waals surface area contributed by atoms with Gasteiger partial charge >= 0.3 is 39.5 Å². The molecule has 5 atom stereocenters. The molecule has 0 saturated carbocycles. The number of aliphatic hydroxyl groups excluding tert-OH is 1. The number of carbonyl (C=O) groups excluding carboxylic acids is 4. The van der Waals surface area contributed by atoms with Gasteiger partial charge in [-0.2, -0.15) is 0 Å². The van der Waals surface area contributed by atoms with Gasteiger partial charge in [-0.15, -0.1) is 0 Å². The molecule has 0 spiro atoms. The van der Waals surface area contributed by atoms with Crippen molar-refractivity contribution in [2.24, 2.45) is 17.8 Å². The molecule has 3 N–H and O–H groups in total. The second-order valence-corrected chi connectivity index (χ2v) is 31.0. The van der Waals surface area contributed by atoms with Gasteiger partial charge in [0.15, 0.2) is 12.2 Å². The molecule has 0 bridgehead atoms. The van der Waals surface area contributed by atoms with Crippen LogP contribution < -0.4 is 0 Å². The van der Waals surface area contributed by atoms with E-state index in [0.717, 1.165) is 108 Å². The number of unbranched alkanes of at least 4 members (excludes halogenated alkanes) is 40. The maximum atomic E-state index is 13.1. The summed E-state index contributed by atoms with van der Waals surface area (Å²) >= 11 is 0. The Balaban J connectivity index is 5.27. The van der Waals surface area contributed by atoms with Crippen molar-refractivity contribution >= 4 is 39.5 Å². The highest BCUT2D eigenvalue weighted by Gasteiger charge is 2.30. The summed E-state index contributed by atoms with van der Waals surface area (Å²) in [5.41, 5.74) is 0. The molecule has 0 aromatic carbocycles.